The van der Waals surface area contributed by atoms with Gasteiger partial charge in [-0.3, -0.25) is 4.79 Å². The van der Waals surface area contributed by atoms with Crippen LogP contribution in [0.3, 0.4) is 0 Å². The number of rotatable bonds is 1. The summed E-state index contributed by atoms with van der Waals surface area (Å²) in [6, 6.07) is -0.609. The molecule has 0 saturated carbocycles. The standard InChI is InChI=1S/C6H11NO4S/c1-11-6(8)5-4(7)2-3-12(5,9)10/h4-5H,2-3,7H2,1H3/t4-,5+/m1/s1. The van der Waals surface area contributed by atoms with Crippen LogP contribution in [0.4, 0.5) is 0 Å². The first-order valence-corrected chi connectivity index (χ1v) is 5.25. The van der Waals surface area contributed by atoms with E-state index in [0.29, 0.717) is 6.42 Å². The first kappa shape index (κ1) is 9.47. The van der Waals surface area contributed by atoms with Crippen molar-refractivity contribution in [3.05, 3.63) is 0 Å². The molecule has 1 rings (SSSR count). The molecule has 0 aromatic rings. The Balaban J connectivity index is 2.93. The molecule has 0 aromatic heterocycles. The highest BCUT2D eigenvalue weighted by atomic mass is 32.2. The minimum Gasteiger partial charge on any atom is -0.468 e. The van der Waals surface area contributed by atoms with E-state index in [1.807, 2.05) is 0 Å². The van der Waals surface area contributed by atoms with E-state index >= 15 is 0 Å². The van der Waals surface area contributed by atoms with Crippen LogP contribution in [0.2, 0.25) is 0 Å². The van der Waals surface area contributed by atoms with Gasteiger partial charge in [-0.05, 0) is 6.42 Å². The summed E-state index contributed by atoms with van der Waals surface area (Å²) in [4.78, 5) is 11.0. The second-order valence-corrected chi connectivity index (χ2v) is 5.01. The molecule has 0 spiro atoms. The number of ether oxygens (including phenoxy) is 1. The first-order valence-electron chi connectivity index (χ1n) is 3.54. The minimum atomic E-state index is -3.35. The number of esters is 1. The van der Waals surface area contributed by atoms with Crippen LogP contribution >= 0.6 is 0 Å². The Morgan fingerprint density at radius 3 is 2.50 bits per heavy atom. The van der Waals surface area contributed by atoms with E-state index in [9.17, 15) is 13.2 Å². The largest absolute Gasteiger partial charge is 0.468 e. The predicted molar refractivity (Wildman–Crippen MR) is 42.2 cm³/mol. The average molecular weight is 193 g/mol. The fourth-order valence-corrected chi connectivity index (χ4v) is 3.20. The molecule has 2 atom stereocenters. The maximum Gasteiger partial charge on any atom is 0.325 e. The van der Waals surface area contributed by atoms with Gasteiger partial charge in [-0.15, -0.1) is 0 Å². The van der Waals surface area contributed by atoms with Gasteiger partial charge in [0, 0.05) is 6.04 Å². The summed E-state index contributed by atoms with van der Waals surface area (Å²) in [5, 5.41) is -1.15. The summed E-state index contributed by atoms with van der Waals surface area (Å²) in [5.74, 6) is -0.770. The van der Waals surface area contributed by atoms with Gasteiger partial charge in [0.25, 0.3) is 0 Å². The molecule has 0 aliphatic carbocycles. The van der Waals surface area contributed by atoms with Crippen LogP contribution in [0.25, 0.3) is 0 Å². The summed E-state index contributed by atoms with van der Waals surface area (Å²) >= 11 is 0. The lowest BCUT2D eigenvalue weighted by atomic mass is 10.2. The van der Waals surface area contributed by atoms with Gasteiger partial charge in [0.2, 0.25) is 0 Å². The molecule has 1 aliphatic rings. The molecule has 0 amide bonds. The van der Waals surface area contributed by atoms with Crippen LogP contribution in [-0.4, -0.2) is 38.5 Å². The Morgan fingerprint density at radius 2 is 2.17 bits per heavy atom. The van der Waals surface area contributed by atoms with Crippen molar-refractivity contribution < 1.29 is 17.9 Å². The van der Waals surface area contributed by atoms with E-state index < -0.39 is 27.1 Å². The number of hydrogen-bond acceptors (Lipinski definition) is 5. The molecule has 2 N–H and O–H groups in total. The number of methoxy groups -OCH3 is 1. The summed E-state index contributed by atoms with van der Waals surface area (Å²) in [6.07, 6.45) is 0.335. The Hall–Kier alpha value is -0.620. The van der Waals surface area contributed by atoms with Gasteiger partial charge in [0.1, 0.15) is 0 Å². The minimum absolute atomic E-state index is 0.0199. The molecule has 1 heterocycles. The van der Waals surface area contributed by atoms with Gasteiger partial charge in [-0.25, -0.2) is 8.42 Å². The number of sulfone groups is 1. The second-order valence-electron chi connectivity index (χ2n) is 2.76. The second kappa shape index (κ2) is 3.02. The van der Waals surface area contributed by atoms with Crippen molar-refractivity contribution in [2.45, 2.75) is 17.7 Å². The molecule has 1 fully saturated rings. The summed E-state index contributed by atoms with van der Waals surface area (Å²) in [6.45, 7) is 0. The molecule has 0 radical (unpaired) electrons. The van der Waals surface area contributed by atoms with Crippen molar-refractivity contribution in [2.75, 3.05) is 12.9 Å². The zero-order valence-electron chi connectivity index (χ0n) is 6.69. The zero-order chi connectivity index (χ0) is 9.35. The van der Waals surface area contributed by atoms with Crippen molar-refractivity contribution in [3.63, 3.8) is 0 Å². The fraction of sp³-hybridized carbons (Fsp3) is 0.833. The SMILES string of the molecule is COC(=O)[C@@H]1[C@H](N)CCS1(=O)=O. The molecule has 0 unspecified atom stereocenters. The molecule has 0 bridgehead atoms. The zero-order valence-corrected chi connectivity index (χ0v) is 7.50. The third kappa shape index (κ3) is 1.44. The van der Waals surface area contributed by atoms with Crippen molar-refractivity contribution >= 4 is 15.8 Å². The predicted octanol–water partition coefficient (Wildman–Crippen LogP) is -1.33. The number of nitrogens with two attached hydrogens (primary N) is 1. The van der Waals surface area contributed by atoms with Gasteiger partial charge in [0.05, 0.1) is 12.9 Å². The Labute approximate surface area is 70.8 Å². The van der Waals surface area contributed by atoms with E-state index in [4.69, 9.17) is 5.73 Å². The average Bonchev–Trinajstić information content (AvgIpc) is 2.25. The van der Waals surface area contributed by atoms with Gasteiger partial charge in [-0.2, -0.15) is 0 Å². The van der Waals surface area contributed by atoms with E-state index in [1.165, 1.54) is 0 Å². The van der Waals surface area contributed by atoms with Crippen molar-refractivity contribution in [1.82, 2.24) is 0 Å². The fourth-order valence-electron chi connectivity index (χ4n) is 1.28. The lowest BCUT2D eigenvalue weighted by molar-refractivity contribution is -0.140. The van der Waals surface area contributed by atoms with Gasteiger partial charge in [-0.1, -0.05) is 0 Å². The molecule has 70 valence electrons. The van der Waals surface area contributed by atoms with Gasteiger partial charge >= 0.3 is 5.97 Å². The normalized spacial score (nSPS) is 33.2. The highest BCUT2D eigenvalue weighted by Gasteiger charge is 2.44. The molecule has 1 saturated heterocycles. The lowest BCUT2D eigenvalue weighted by Crippen LogP contribution is -2.40. The van der Waals surface area contributed by atoms with Crippen molar-refractivity contribution in [1.29, 1.82) is 0 Å². The summed E-state index contributed by atoms with van der Waals surface area (Å²) in [5.41, 5.74) is 5.45. The van der Waals surface area contributed by atoms with E-state index in [2.05, 4.69) is 4.74 Å². The molecular formula is C6H11NO4S. The number of carbonyl (C=O) groups excluding carboxylic acids is 1. The monoisotopic (exact) mass is 193 g/mol. The Kier molecular flexibility index (Phi) is 2.39. The number of carbonyl (C=O) groups is 1. The molecular weight excluding hydrogens is 182 g/mol. The highest BCUT2D eigenvalue weighted by Crippen LogP contribution is 2.19. The third-order valence-corrected chi connectivity index (χ3v) is 4.07. The maximum absolute atomic E-state index is 11.2. The number of hydrogen-bond donors (Lipinski definition) is 1. The summed E-state index contributed by atoms with van der Waals surface area (Å²) in [7, 11) is -2.19. The molecule has 0 aromatic carbocycles. The van der Waals surface area contributed by atoms with Crippen molar-refractivity contribution in [2.24, 2.45) is 5.73 Å². The summed E-state index contributed by atoms with van der Waals surface area (Å²) < 4.78 is 26.7. The van der Waals surface area contributed by atoms with E-state index in [-0.39, 0.29) is 5.75 Å². The smallest absolute Gasteiger partial charge is 0.325 e. The van der Waals surface area contributed by atoms with Crippen LogP contribution < -0.4 is 5.73 Å². The molecule has 5 nitrogen and oxygen atoms in total. The molecule has 6 heteroatoms. The van der Waals surface area contributed by atoms with Crippen LogP contribution in [0.15, 0.2) is 0 Å². The first-order chi connectivity index (χ1) is 5.49. The van der Waals surface area contributed by atoms with Crippen LogP contribution in [-0.2, 0) is 19.4 Å². The van der Waals surface area contributed by atoms with Gasteiger partial charge in [0.15, 0.2) is 15.1 Å². The maximum atomic E-state index is 11.2. The van der Waals surface area contributed by atoms with E-state index in [1.54, 1.807) is 0 Å². The highest BCUT2D eigenvalue weighted by molar-refractivity contribution is 7.93. The van der Waals surface area contributed by atoms with E-state index in [0.717, 1.165) is 7.11 Å². The van der Waals surface area contributed by atoms with Crippen molar-refractivity contribution in [3.8, 4) is 0 Å². The van der Waals surface area contributed by atoms with Crippen LogP contribution in [0.1, 0.15) is 6.42 Å². The molecule has 1 aliphatic heterocycles. The quantitative estimate of drug-likeness (QED) is 0.522. The van der Waals surface area contributed by atoms with Gasteiger partial charge < -0.3 is 10.5 Å². The topological polar surface area (TPSA) is 86.5 Å². The third-order valence-electron chi connectivity index (χ3n) is 1.94. The Morgan fingerprint density at radius 1 is 1.58 bits per heavy atom. The van der Waals surface area contributed by atoms with Crippen LogP contribution in [0, 0.1) is 0 Å². The molecule has 12 heavy (non-hydrogen) atoms. The lowest BCUT2D eigenvalue weighted by Gasteiger charge is -2.10. The Bertz CT molecular complexity index is 284. The van der Waals surface area contributed by atoms with Crippen LogP contribution in [0.5, 0.6) is 0 Å².